The normalized spacial score (nSPS) is 13.1. The minimum absolute atomic E-state index is 0.0548. The Balaban J connectivity index is 2.78. The van der Waals surface area contributed by atoms with Gasteiger partial charge in [-0.25, -0.2) is 8.42 Å². The maximum Gasteiger partial charge on any atom is 0.321 e. The molecule has 0 amide bonds. The second kappa shape index (κ2) is 6.48. The summed E-state index contributed by atoms with van der Waals surface area (Å²) in [6, 6.07) is -1.38. The molecular weight excluding hydrogens is 290 g/mol. The molecule has 10 heteroatoms. The average Bonchev–Trinajstić information content (AvgIpc) is 2.74. The van der Waals surface area contributed by atoms with Gasteiger partial charge in [0.1, 0.15) is 10.9 Å². The number of rotatable bonds is 8. The molecule has 0 saturated carbocycles. The van der Waals surface area contributed by atoms with Crippen molar-refractivity contribution in [2.24, 2.45) is 0 Å². The number of aromatic amines is 1. The first-order chi connectivity index (χ1) is 9.24. The fourth-order valence-corrected chi connectivity index (χ4v) is 2.91. The highest BCUT2D eigenvalue weighted by molar-refractivity contribution is 7.89. The summed E-state index contributed by atoms with van der Waals surface area (Å²) in [6.45, 7) is 1.49. The summed E-state index contributed by atoms with van der Waals surface area (Å²) in [4.78, 5) is 21.2. The Kier molecular flexibility index (Phi) is 5.22. The van der Waals surface area contributed by atoms with Crippen LogP contribution in [0, 0.1) is 6.92 Å². The predicted molar refractivity (Wildman–Crippen MR) is 66.6 cm³/mol. The van der Waals surface area contributed by atoms with Crippen molar-refractivity contribution in [1.82, 2.24) is 14.9 Å². The van der Waals surface area contributed by atoms with Gasteiger partial charge < -0.3 is 10.2 Å². The number of aliphatic carboxylic acids is 2. The third-order valence-corrected chi connectivity index (χ3v) is 4.14. The Hall–Kier alpha value is -1.94. The standard InChI is InChI=1S/C10H15N3O6S/c1-6-8(5-11-12-6)20(18,19)13-7(10(16)17)3-2-4-9(14)15/h5,7,13H,2-4H2,1H3,(H,11,12)(H,14,15)(H,16,17)/t7-/m1/s1. The van der Waals surface area contributed by atoms with Gasteiger partial charge in [0, 0.05) is 6.42 Å². The van der Waals surface area contributed by atoms with Crippen LogP contribution < -0.4 is 4.72 Å². The van der Waals surface area contributed by atoms with Crippen molar-refractivity contribution in [2.75, 3.05) is 0 Å². The van der Waals surface area contributed by atoms with Crippen LogP contribution in [0.4, 0.5) is 0 Å². The lowest BCUT2D eigenvalue weighted by Gasteiger charge is -2.13. The fourth-order valence-electron chi connectivity index (χ4n) is 1.55. The van der Waals surface area contributed by atoms with Crippen LogP contribution in [0.25, 0.3) is 0 Å². The zero-order chi connectivity index (χ0) is 15.3. The highest BCUT2D eigenvalue weighted by atomic mass is 32.2. The van der Waals surface area contributed by atoms with Crippen molar-refractivity contribution >= 4 is 22.0 Å². The van der Waals surface area contributed by atoms with Gasteiger partial charge in [-0.2, -0.15) is 9.82 Å². The number of carbonyl (C=O) groups is 2. The number of aryl methyl sites for hydroxylation is 1. The van der Waals surface area contributed by atoms with Gasteiger partial charge in [0.2, 0.25) is 10.0 Å². The number of H-pyrrole nitrogens is 1. The van der Waals surface area contributed by atoms with E-state index < -0.39 is 28.0 Å². The number of aromatic nitrogens is 2. The summed E-state index contributed by atoms with van der Waals surface area (Å²) in [5.41, 5.74) is 0.284. The van der Waals surface area contributed by atoms with Crippen molar-refractivity contribution in [3.63, 3.8) is 0 Å². The van der Waals surface area contributed by atoms with E-state index in [1.165, 1.54) is 6.92 Å². The summed E-state index contributed by atoms with van der Waals surface area (Å²) >= 11 is 0. The second-order valence-electron chi connectivity index (χ2n) is 4.16. The molecule has 1 heterocycles. The highest BCUT2D eigenvalue weighted by Gasteiger charge is 2.27. The maximum absolute atomic E-state index is 12.0. The Bertz CT molecular complexity index is 594. The van der Waals surface area contributed by atoms with Gasteiger partial charge in [0.25, 0.3) is 0 Å². The van der Waals surface area contributed by atoms with Crippen LogP contribution in [0.2, 0.25) is 0 Å². The molecule has 0 aliphatic rings. The van der Waals surface area contributed by atoms with Crippen molar-refractivity contribution < 1.29 is 28.2 Å². The monoisotopic (exact) mass is 305 g/mol. The molecule has 112 valence electrons. The van der Waals surface area contributed by atoms with Crippen molar-refractivity contribution in [2.45, 2.75) is 37.1 Å². The third-order valence-electron chi connectivity index (χ3n) is 2.55. The van der Waals surface area contributed by atoms with E-state index in [4.69, 9.17) is 10.2 Å². The van der Waals surface area contributed by atoms with Crippen LogP contribution >= 0.6 is 0 Å². The third kappa shape index (κ3) is 4.31. The molecule has 1 aromatic rings. The van der Waals surface area contributed by atoms with Gasteiger partial charge in [-0.3, -0.25) is 14.7 Å². The van der Waals surface area contributed by atoms with Gasteiger partial charge in [-0.1, -0.05) is 0 Å². The van der Waals surface area contributed by atoms with Crippen molar-refractivity contribution in [3.05, 3.63) is 11.9 Å². The molecule has 0 saturated heterocycles. The molecule has 1 rings (SSSR count). The molecule has 0 aliphatic heterocycles. The van der Waals surface area contributed by atoms with E-state index in [9.17, 15) is 18.0 Å². The molecule has 0 aliphatic carbocycles. The van der Waals surface area contributed by atoms with E-state index in [1.54, 1.807) is 0 Å². The number of carboxylic acid groups (broad SMARTS) is 2. The van der Waals surface area contributed by atoms with E-state index in [2.05, 4.69) is 10.2 Å². The molecule has 0 radical (unpaired) electrons. The van der Waals surface area contributed by atoms with Gasteiger partial charge in [0.05, 0.1) is 11.9 Å². The second-order valence-corrected chi connectivity index (χ2v) is 5.84. The average molecular weight is 305 g/mol. The summed E-state index contributed by atoms with van der Waals surface area (Å²) in [5.74, 6) is -2.43. The van der Waals surface area contributed by atoms with E-state index in [0.29, 0.717) is 0 Å². The minimum atomic E-state index is -4.01. The Morgan fingerprint density at radius 1 is 1.45 bits per heavy atom. The van der Waals surface area contributed by atoms with Crippen LogP contribution in [0.15, 0.2) is 11.1 Å². The SMILES string of the molecule is Cc1[nH]ncc1S(=O)(=O)N[C@H](CCCC(=O)O)C(=O)O. The zero-order valence-corrected chi connectivity index (χ0v) is 11.5. The van der Waals surface area contributed by atoms with Crippen LogP contribution in [0.5, 0.6) is 0 Å². The Morgan fingerprint density at radius 2 is 2.10 bits per heavy atom. The molecule has 0 fully saturated rings. The van der Waals surface area contributed by atoms with E-state index >= 15 is 0 Å². The number of hydrogen-bond acceptors (Lipinski definition) is 5. The molecule has 4 N–H and O–H groups in total. The maximum atomic E-state index is 12.0. The lowest BCUT2D eigenvalue weighted by Crippen LogP contribution is -2.40. The lowest BCUT2D eigenvalue weighted by atomic mass is 10.1. The number of sulfonamides is 1. The van der Waals surface area contributed by atoms with Gasteiger partial charge in [0.15, 0.2) is 0 Å². The largest absolute Gasteiger partial charge is 0.481 e. The van der Waals surface area contributed by atoms with Crippen LogP contribution in [-0.2, 0) is 19.6 Å². The van der Waals surface area contributed by atoms with Gasteiger partial charge in [-0.15, -0.1) is 0 Å². The molecule has 0 unspecified atom stereocenters. The van der Waals surface area contributed by atoms with Crippen LogP contribution in [0.1, 0.15) is 25.0 Å². The van der Waals surface area contributed by atoms with Gasteiger partial charge in [-0.05, 0) is 19.8 Å². The van der Waals surface area contributed by atoms with Crippen LogP contribution in [-0.4, -0.2) is 46.8 Å². The number of nitrogens with zero attached hydrogens (tertiary/aromatic N) is 1. The summed E-state index contributed by atoms with van der Waals surface area (Å²) in [5, 5.41) is 23.5. The first-order valence-corrected chi connectivity index (χ1v) is 7.19. The summed E-state index contributed by atoms with van der Waals surface area (Å²) < 4.78 is 26.0. The van der Waals surface area contributed by atoms with Gasteiger partial charge >= 0.3 is 11.9 Å². The molecule has 0 spiro atoms. The summed E-state index contributed by atoms with van der Waals surface area (Å²) in [7, 11) is -4.01. The first-order valence-electron chi connectivity index (χ1n) is 5.71. The lowest BCUT2D eigenvalue weighted by molar-refractivity contribution is -0.140. The fraction of sp³-hybridized carbons (Fsp3) is 0.500. The van der Waals surface area contributed by atoms with Crippen molar-refractivity contribution in [3.8, 4) is 0 Å². The number of hydrogen-bond donors (Lipinski definition) is 4. The number of nitrogens with one attached hydrogen (secondary N) is 2. The molecule has 9 nitrogen and oxygen atoms in total. The quantitative estimate of drug-likeness (QED) is 0.515. The van der Waals surface area contributed by atoms with Crippen molar-refractivity contribution in [1.29, 1.82) is 0 Å². The smallest absolute Gasteiger partial charge is 0.321 e. The number of carboxylic acids is 2. The molecule has 0 bridgehead atoms. The highest BCUT2D eigenvalue weighted by Crippen LogP contribution is 2.13. The van der Waals surface area contributed by atoms with Crippen LogP contribution in [0.3, 0.4) is 0 Å². The molecule has 1 aromatic heterocycles. The molecule has 1 atom stereocenters. The first kappa shape index (κ1) is 16.1. The minimum Gasteiger partial charge on any atom is -0.481 e. The Labute approximate surface area is 115 Å². The van der Waals surface area contributed by atoms with E-state index in [-0.39, 0.29) is 29.9 Å². The predicted octanol–water partition coefficient (Wildman–Crippen LogP) is -0.295. The zero-order valence-electron chi connectivity index (χ0n) is 10.7. The van der Waals surface area contributed by atoms with E-state index in [0.717, 1.165) is 6.20 Å². The Morgan fingerprint density at radius 3 is 2.55 bits per heavy atom. The molecule has 0 aromatic carbocycles. The summed E-state index contributed by atoms with van der Waals surface area (Å²) in [6.07, 6.45) is 0.793. The molecule has 20 heavy (non-hydrogen) atoms. The van der Waals surface area contributed by atoms with E-state index in [1.807, 2.05) is 4.72 Å². The molecular formula is C10H15N3O6S. The topological polar surface area (TPSA) is 149 Å².